The van der Waals surface area contributed by atoms with Crippen molar-refractivity contribution in [1.29, 1.82) is 0 Å². The number of hydrogen-bond donors (Lipinski definition) is 2. The van der Waals surface area contributed by atoms with Gasteiger partial charge in [-0.25, -0.2) is 4.98 Å². The molecule has 0 amide bonds. The van der Waals surface area contributed by atoms with Gasteiger partial charge in [0.15, 0.2) is 5.58 Å². The lowest BCUT2D eigenvalue weighted by atomic mass is 9.86. The predicted molar refractivity (Wildman–Crippen MR) is 141 cm³/mol. The molecule has 0 atom stereocenters. The molecule has 5 aromatic rings. The number of para-hydroxylation sites is 2. The second-order valence-electron chi connectivity index (χ2n) is 9.34. The van der Waals surface area contributed by atoms with Crippen LogP contribution in [-0.4, -0.2) is 9.97 Å². The summed E-state index contributed by atoms with van der Waals surface area (Å²) >= 11 is 0. The van der Waals surface area contributed by atoms with Crippen molar-refractivity contribution in [2.45, 2.75) is 32.7 Å². The van der Waals surface area contributed by atoms with Gasteiger partial charge in [-0.2, -0.15) is 4.98 Å². The third-order valence-electron chi connectivity index (χ3n) is 5.66. The molecule has 0 fully saturated rings. The number of fused-ring (bicyclic) bond motifs is 1. The highest BCUT2D eigenvalue weighted by atomic mass is 16.5. The van der Waals surface area contributed by atoms with Gasteiger partial charge in [0.2, 0.25) is 5.88 Å². The maximum Gasteiger partial charge on any atom is 0.300 e. The fraction of sp³-hybridized carbons (Fsp3) is 0.172. The zero-order valence-corrected chi connectivity index (χ0v) is 20.1. The molecule has 176 valence electrons. The largest absolute Gasteiger partial charge is 0.437 e. The molecule has 35 heavy (non-hydrogen) atoms. The number of hydrogen-bond acceptors (Lipinski definition) is 6. The van der Waals surface area contributed by atoms with Crippen molar-refractivity contribution in [3.8, 4) is 11.6 Å². The Bertz CT molecular complexity index is 1440. The van der Waals surface area contributed by atoms with Gasteiger partial charge in [0.1, 0.15) is 17.0 Å². The first kappa shape index (κ1) is 22.5. The molecular formula is C29H28N4O2. The molecule has 3 aromatic carbocycles. The smallest absolute Gasteiger partial charge is 0.300 e. The van der Waals surface area contributed by atoms with Gasteiger partial charge < -0.3 is 19.8 Å². The summed E-state index contributed by atoms with van der Waals surface area (Å²) in [6.45, 7) is 7.18. The molecule has 6 nitrogen and oxygen atoms in total. The summed E-state index contributed by atoms with van der Waals surface area (Å²) in [6, 6.07) is 28.2. The zero-order chi connectivity index (χ0) is 24.3. The van der Waals surface area contributed by atoms with Crippen molar-refractivity contribution in [3.63, 3.8) is 0 Å². The number of pyridine rings is 1. The van der Waals surface area contributed by atoms with Crippen LogP contribution >= 0.6 is 0 Å². The topological polar surface area (TPSA) is 72.2 Å². The van der Waals surface area contributed by atoms with Gasteiger partial charge in [-0.1, -0.05) is 75.4 Å². The Morgan fingerprint density at radius 1 is 0.829 bits per heavy atom. The number of oxazole rings is 1. The fourth-order valence-corrected chi connectivity index (χ4v) is 3.90. The molecule has 0 aliphatic carbocycles. The van der Waals surface area contributed by atoms with Crippen molar-refractivity contribution in [3.05, 3.63) is 102 Å². The van der Waals surface area contributed by atoms with Crippen molar-refractivity contribution >= 4 is 28.5 Å². The molecule has 2 heterocycles. The van der Waals surface area contributed by atoms with Crippen molar-refractivity contribution in [2.75, 3.05) is 10.6 Å². The number of nitrogens with zero attached hydrogens (tertiary/aromatic N) is 2. The average Bonchev–Trinajstić information content (AvgIpc) is 3.27. The average molecular weight is 465 g/mol. The molecular weight excluding hydrogens is 436 g/mol. The van der Waals surface area contributed by atoms with Gasteiger partial charge in [0.05, 0.1) is 5.69 Å². The Balaban J connectivity index is 1.40. The quantitative estimate of drug-likeness (QED) is 0.257. The van der Waals surface area contributed by atoms with Crippen LogP contribution in [0.5, 0.6) is 11.6 Å². The molecule has 0 radical (unpaired) electrons. The highest BCUT2D eigenvalue weighted by Gasteiger charge is 2.20. The Labute approximate surface area is 205 Å². The van der Waals surface area contributed by atoms with Crippen LogP contribution in [0.25, 0.3) is 11.1 Å². The van der Waals surface area contributed by atoms with Gasteiger partial charge in [-0.3, -0.25) is 0 Å². The van der Waals surface area contributed by atoms with Crippen LogP contribution in [-0.2, 0) is 12.0 Å². The Hall–Kier alpha value is -4.32. The first-order valence-electron chi connectivity index (χ1n) is 11.6. The van der Waals surface area contributed by atoms with E-state index in [0.717, 1.165) is 22.5 Å². The lowest BCUT2D eigenvalue weighted by Gasteiger charge is -2.22. The van der Waals surface area contributed by atoms with Gasteiger partial charge in [-0.05, 0) is 41.3 Å². The van der Waals surface area contributed by atoms with E-state index in [9.17, 15) is 0 Å². The molecule has 2 aromatic heterocycles. The number of aromatic nitrogens is 2. The summed E-state index contributed by atoms with van der Waals surface area (Å²) in [5.41, 5.74) is 5.26. The summed E-state index contributed by atoms with van der Waals surface area (Å²) < 4.78 is 12.3. The molecule has 0 saturated carbocycles. The minimum absolute atomic E-state index is 0.0671. The molecule has 0 aliphatic rings. The molecule has 0 unspecified atom stereocenters. The normalized spacial score (nSPS) is 11.4. The van der Waals surface area contributed by atoms with Crippen LogP contribution < -0.4 is 15.4 Å². The number of ether oxygens (including phenoxy) is 1. The van der Waals surface area contributed by atoms with Gasteiger partial charge in [0, 0.05) is 18.3 Å². The van der Waals surface area contributed by atoms with Crippen LogP contribution in [0.15, 0.2) is 95.5 Å². The minimum atomic E-state index is -0.0671. The highest BCUT2D eigenvalue weighted by molar-refractivity contribution is 5.88. The monoisotopic (exact) mass is 464 g/mol. The third-order valence-corrected chi connectivity index (χ3v) is 5.66. The third kappa shape index (κ3) is 5.11. The summed E-state index contributed by atoms with van der Waals surface area (Å²) in [7, 11) is 0. The van der Waals surface area contributed by atoms with E-state index in [1.165, 1.54) is 5.56 Å². The van der Waals surface area contributed by atoms with Gasteiger partial charge >= 0.3 is 0 Å². The predicted octanol–water partition coefficient (Wildman–Crippen LogP) is 7.67. The number of anilines is 3. The number of rotatable bonds is 7. The van der Waals surface area contributed by atoms with E-state index >= 15 is 0 Å². The summed E-state index contributed by atoms with van der Waals surface area (Å²) in [6.07, 6.45) is 1.71. The minimum Gasteiger partial charge on any atom is -0.437 e. The van der Waals surface area contributed by atoms with E-state index in [0.29, 0.717) is 29.7 Å². The van der Waals surface area contributed by atoms with E-state index in [4.69, 9.17) is 14.1 Å². The van der Waals surface area contributed by atoms with Crippen LogP contribution in [0.3, 0.4) is 0 Å². The van der Waals surface area contributed by atoms with E-state index in [2.05, 4.69) is 54.6 Å². The first-order chi connectivity index (χ1) is 17.0. The van der Waals surface area contributed by atoms with Crippen LogP contribution in [0.2, 0.25) is 0 Å². The molecule has 2 N–H and O–H groups in total. The van der Waals surface area contributed by atoms with E-state index in [1.54, 1.807) is 6.20 Å². The molecule has 6 heteroatoms. The SMILES string of the molecule is CC(C)(C)c1ccccc1Oc1ncccc1Nc1nc2c(NCc3ccccc3)cccc2o1. The van der Waals surface area contributed by atoms with Crippen molar-refractivity contribution < 1.29 is 9.15 Å². The summed E-state index contributed by atoms with van der Waals surface area (Å²) in [4.78, 5) is 9.16. The summed E-state index contributed by atoms with van der Waals surface area (Å²) in [5.74, 6) is 1.22. The van der Waals surface area contributed by atoms with Crippen LogP contribution in [0.4, 0.5) is 17.4 Å². The van der Waals surface area contributed by atoms with E-state index < -0.39 is 0 Å². The van der Waals surface area contributed by atoms with Gasteiger partial charge in [0.25, 0.3) is 6.01 Å². The lowest BCUT2D eigenvalue weighted by Crippen LogP contribution is -2.12. The molecule has 0 aliphatic heterocycles. The van der Waals surface area contributed by atoms with E-state index in [-0.39, 0.29) is 5.41 Å². The Morgan fingerprint density at radius 2 is 1.60 bits per heavy atom. The second-order valence-corrected chi connectivity index (χ2v) is 9.34. The van der Waals surface area contributed by atoms with Crippen LogP contribution in [0, 0.1) is 0 Å². The number of nitrogens with one attached hydrogen (secondary N) is 2. The standard InChI is InChI=1S/C29H28N4O2/c1-29(2,3)21-13-7-8-16-24(21)34-27-23(15-10-18-30-27)32-28-33-26-22(14-9-17-25(26)35-28)31-19-20-11-5-4-6-12-20/h4-18,31H,19H2,1-3H3,(H,32,33). The maximum atomic E-state index is 6.27. The highest BCUT2D eigenvalue weighted by Crippen LogP contribution is 2.36. The Kier molecular flexibility index (Phi) is 6.10. The molecule has 0 saturated heterocycles. The fourth-order valence-electron chi connectivity index (χ4n) is 3.90. The second kappa shape index (κ2) is 9.50. The van der Waals surface area contributed by atoms with Crippen molar-refractivity contribution in [2.24, 2.45) is 0 Å². The summed E-state index contributed by atoms with van der Waals surface area (Å²) in [5, 5.41) is 6.71. The lowest BCUT2D eigenvalue weighted by molar-refractivity contribution is 0.441. The van der Waals surface area contributed by atoms with Gasteiger partial charge in [-0.15, -0.1) is 0 Å². The number of benzene rings is 3. The van der Waals surface area contributed by atoms with Crippen molar-refractivity contribution in [1.82, 2.24) is 9.97 Å². The molecule has 5 rings (SSSR count). The first-order valence-corrected chi connectivity index (χ1v) is 11.6. The van der Waals surface area contributed by atoms with E-state index in [1.807, 2.05) is 66.7 Å². The zero-order valence-electron chi connectivity index (χ0n) is 20.1. The van der Waals surface area contributed by atoms with Crippen LogP contribution in [0.1, 0.15) is 31.9 Å². The molecule has 0 bridgehead atoms. The molecule has 0 spiro atoms. The maximum absolute atomic E-state index is 6.27. The Morgan fingerprint density at radius 3 is 2.43 bits per heavy atom.